The molecular weight excluding hydrogens is 180 g/mol. The second-order valence-corrected chi connectivity index (χ2v) is 3.25. The molecule has 3 N–H and O–H groups in total. The number of nitrogen functional groups attached to an aromatic ring is 1. The molecule has 1 rings (SSSR count). The monoisotopic (exact) mass is 194 g/mol. The lowest BCUT2D eigenvalue weighted by Gasteiger charge is -2.08. The van der Waals surface area contributed by atoms with Crippen LogP contribution in [0.2, 0.25) is 0 Å². The van der Waals surface area contributed by atoms with Gasteiger partial charge in [-0.1, -0.05) is 31.3 Å². The fourth-order valence-corrected chi connectivity index (χ4v) is 1.33. The Morgan fingerprint density at radius 3 is 2.77 bits per heavy atom. The molecule has 0 fully saturated rings. The topological polar surface area (TPSA) is 38.0 Å². The molecule has 0 unspecified atom stereocenters. The number of hydrogen-bond acceptors (Lipinski definition) is 2. The lowest BCUT2D eigenvalue weighted by molar-refractivity contribution is 0.848. The highest BCUT2D eigenvalue weighted by molar-refractivity contribution is 7.80. The Hall–Kier alpha value is -1.09. The van der Waals surface area contributed by atoms with E-state index in [4.69, 9.17) is 18.0 Å². The summed E-state index contributed by atoms with van der Waals surface area (Å²) >= 11 is 5.18. The molecule has 2 nitrogen and oxygen atoms in total. The van der Waals surface area contributed by atoms with Crippen LogP contribution >= 0.6 is 12.2 Å². The molecule has 1 aromatic carbocycles. The van der Waals surface area contributed by atoms with Crippen LogP contribution in [0.25, 0.3) is 0 Å². The maximum atomic E-state index is 5.77. The van der Waals surface area contributed by atoms with Gasteiger partial charge in [0.15, 0.2) is 0 Å². The third-order valence-corrected chi connectivity index (χ3v) is 2.11. The average molecular weight is 194 g/mol. The van der Waals surface area contributed by atoms with Crippen LogP contribution in [0.4, 0.5) is 5.69 Å². The minimum Gasteiger partial charge on any atom is -0.398 e. The van der Waals surface area contributed by atoms with E-state index in [1.807, 2.05) is 24.3 Å². The van der Waals surface area contributed by atoms with E-state index in [1.165, 1.54) is 0 Å². The summed E-state index contributed by atoms with van der Waals surface area (Å²) in [6, 6.07) is 7.63. The van der Waals surface area contributed by atoms with Crippen molar-refractivity contribution in [3.05, 3.63) is 29.8 Å². The third-order valence-electron chi connectivity index (χ3n) is 1.74. The number of rotatable bonds is 3. The van der Waals surface area contributed by atoms with Gasteiger partial charge in [-0.25, -0.2) is 0 Å². The molecular formula is C10H14N2S. The van der Waals surface area contributed by atoms with Gasteiger partial charge in [0.05, 0.1) is 0 Å². The van der Waals surface area contributed by atoms with Gasteiger partial charge in [-0.05, 0) is 18.6 Å². The molecule has 0 aliphatic heterocycles. The van der Waals surface area contributed by atoms with Crippen LogP contribution in [0.5, 0.6) is 0 Å². The summed E-state index contributed by atoms with van der Waals surface area (Å²) in [4.78, 5) is 0.736. The standard InChI is InChI=1S/C10H14N2S/c1-2-7-12-10(13)8-5-3-4-6-9(8)11/h3-6H,2,7,11H2,1H3,(H,12,13). The van der Waals surface area contributed by atoms with Crippen molar-refractivity contribution in [3.8, 4) is 0 Å². The van der Waals surface area contributed by atoms with Gasteiger partial charge in [0, 0.05) is 17.8 Å². The molecule has 13 heavy (non-hydrogen) atoms. The Bertz CT molecular complexity index is 297. The van der Waals surface area contributed by atoms with Gasteiger partial charge in [0.25, 0.3) is 0 Å². The highest BCUT2D eigenvalue weighted by Gasteiger charge is 2.02. The van der Waals surface area contributed by atoms with Gasteiger partial charge in [-0.15, -0.1) is 0 Å². The van der Waals surface area contributed by atoms with Crippen molar-refractivity contribution in [1.82, 2.24) is 5.32 Å². The van der Waals surface area contributed by atoms with Crippen LogP contribution in [0.1, 0.15) is 18.9 Å². The van der Waals surface area contributed by atoms with E-state index in [2.05, 4.69) is 12.2 Å². The molecule has 1 aromatic rings. The molecule has 70 valence electrons. The molecule has 0 aromatic heterocycles. The number of nitrogens with one attached hydrogen (secondary N) is 1. The second kappa shape index (κ2) is 4.82. The average Bonchev–Trinajstić information content (AvgIpc) is 2.15. The molecule has 0 heterocycles. The maximum Gasteiger partial charge on any atom is 0.108 e. The van der Waals surface area contributed by atoms with E-state index in [1.54, 1.807) is 0 Å². The lowest BCUT2D eigenvalue weighted by atomic mass is 10.2. The van der Waals surface area contributed by atoms with Crippen LogP contribution in [0, 0.1) is 0 Å². The van der Waals surface area contributed by atoms with E-state index in [0.29, 0.717) is 0 Å². The van der Waals surface area contributed by atoms with Crippen LogP contribution in [-0.4, -0.2) is 11.5 Å². The molecule has 0 radical (unpaired) electrons. The van der Waals surface area contributed by atoms with Crippen molar-refractivity contribution in [3.63, 3.8) is 0 Å². The van der Waals surface area contributed by atoms with Gasteiger partial charge in [-0.2, -0.15) is 0 Å². The van der Waals surface area contributed by atoms with E-state index < -0.39 is 0 Å². The van der Waals surface area contributed by atoms with Crippen LogP contribution in [0.15, 0.2) is 24.3 Å². The Kier molecular flexibility index (Phi) is 3.71. The summed E-state index contributed by atoms with van der Waals surface area (Å²) in [5, 5.41) is 3.14. The number of thiocarbonyl (C=S) groups is 1. The fraction of sp³-hybridized carbons (Fsp3) is 0.300. The minimum absolute atomic E-state index is 0.733. The first-order valence-electron chi connectivity index (χ1n) is 4.38. The summed E-state index contributed by atoms with van der Waals surface area (Å²) < 4.78 is 0. The summed E-state index contributed by atoms with van der Waals surface area (Å²) in [5.74, 6) is 0. The lowest BCUT2D eigenvalue weighted by Crippen LogP contribution is -2.23. The van der Waals surface area contributed by atoms with Gasteiger partial charge >= 0.3 is 0 Å². The van der Waals surface area contributed by atoms with Crippen LogP contribution < -0.4 is 11.1 Å². The van der Waals surface area contributed by atoms with Crippen molar-refractivity contribution < 1.29 is 0 Å². The first-order chi connectivity index (χ1) is 6.25. The summed E-state index contributed by atoms with van der Waals surface area (Å²) in [5.41, 5.74) is 7.42. The van der Waals surface area contributed by atoms with Crippen molar-refractivity contribution in [2.45, 2.75) is 13.3 Å². The SMILES string of the molecule is CCCNC(=S)c1ccccc1N. The molecule has 3 heteroatoms. The van der Waals surface area contributed by atoms with E-state index in [-0.39, 0.29) is 0 Å². The van der Waals surface area contributed by atoms with Crippen molar-refractivity contribution in [1.29, 1.82) is 0 Å². The molecule has 0 spiro atoms. The van der Waals surface area contributed by atoms with E-state index >= 15 is 0 Å². The predicted octanol–water partition coefficient (Wildman–Crippen LogP) is 1.94. The molecule has 0 saturated heterocycles. The Morgan fingerprint density at radius 1 is 1.46 bits per heavy atom. The van der Waals surface area contributed by atoms with Crippen molar-refractivity contribution in [2.24, 2.45) is 0 Å². The smallest absolute Gasteiger partial charge is 0.108 e. The number of anilines is 1. The highest BCUT2D eigenvalue weighted by atomic mass is 32.1. The maximum absolute atomic E-state index is 5.77. The molecule has 0 atom stereocenters. The number of nitrogens with two attached hydrogens (primary N) is 1. The van der Waals surface area contributed by atoms with Crippen LogP contribution in [-0.2, 0) is 0 Å². The van der Waals surface area contributed by atoms with E-state index in [9.17, 15) is 0 Å². The summed E-state index contributed by atoms with van der Waals surface area (Å²) in [7, 11) is 0. The zero-order valence-corrected chi connectivity index (χ0v) is 8.53. The molecule has 0 amide bonds. The quantitative estimate of drug-likeness (QED) is 0.570. The van der Waals surface area contributed by atoms with Crippen molar-refractivity contribution in [2.75, 3.05) is 12.3 Å². The minimum atomic E-state index is 0.733. The molecule has 0 aliphatic carbocycles. The first-order valence-corrected chi connectivity index (χ1v) is 4.79. The molecule has 0 aliphatic rings. The largest absolute Gasteiger partial charge is 0.398 e. The zero-order chi connectivity index (χ0) is 9.68. The Labute approximate surface area is 84.1 Å². The van der Waals surface area contributed by atoms with E-state index in [0.717, 1.165) is 29.2 Å². The number of hydrogen-bond donors (Lipinski definition) is 2. The Balaban J connectivity index is 2.71. The van der Waals surface area contributed by atoms with Gasteiger partial charge < -0.3 is 11.1 Å². The predicted molar refractivity (Wildman–Crippen MR) is 60.8 cm³/mol. The summed E-state index contributed by atoms with van der Waals surface area (Å²) in [6.45, 7) is 3.00. The van der Waals surface area contributed by atoms with Gasteiger partial charge in [-0.3, -0.25) is 0 Å². The van der Waals surface area contributed by atoms with Gasteiger partial charge in [0.1, 0.15) is 4.99 Å². The first kappa shape index (κ1) is 9.99. The summed E-state index contributed by atoms with van der Waals surface area (Å²) in [6.07, 6.45) is 1.06. The highest BCUT2D eigenvalue weighted by Crippen LogP contribution is 2.10. The van der Waals surface area contributed by atoms with Crippen LogP contribution in [0.3, 0.4) is 0 Å². The van der Waals surface area contributed by atoms with Crippen molar-refractivity contribution >= 4 is 22.9 Å². The second-order valence-electron chi connectivity index (χ2n) is 2.84. The normalized spacial score (nSPS) is 9.62. The zero-order valence-electron chi connectivity index (χ0n) is 7.71. The third kappa shape index (κ3) is 2.70. The number of benzene rings is 1. The Morgan fingerprint density at radius 2 is 2.15 bits per heavy atom. The van der Waals surface area contributed by atoms with Gasteiger partial charge in [0.2, 0.25) is 0 Å². The molecule has 0 bridgehead atoms. The number of para-hydroxylation sites is 1. The molecule has 0 saturated carbocycles. The fourth-order valence-electron chi connectivity index (χ4n) is 1.04.